The molecule has 8 heteroatoms. The summed E-state index contributed by atoms with van der Waals surface area (Å²) < 4.78 is 14.5. The van der Waals surface area contributed by atoms with E-state index in [1.165, 1.54) is 28.5 Å². The van der Waals surface area contributed by atoms with Crippen molar-refractivity contribution in [3.8, 4) is 0 Å². The maximum Gasteiger partial charge on any atom is 0.284 e. The average Bonchev–Trinajstić information content (AvgIpc) is 3.36. The quantitative estimate of drug-likeness (QED) is 0.657. The van der Waals surface area contributed by atoms with E-state index < -0.39 is 29.7 Å². The van der Waals surface area contributed by atoms with E-state index in [9.17, 15) is 14.0 Å². The molecule has 0 unspecified atom stereocenters. The van der Waals surface area contributed by atoms with Gasteiger partial charge in [0.15, 0.2) is 5.01 Å². The van der Waals surface area contributed by atoms with Gasteiger partial charge >= 0.3 is 0 Å². The van der Waals surface area contributed by atoms with Crippen molar-refractivity contribution < 1.29 is 14.0 Å². The fourth-order valence-electron chi connectivity index (χ4n) is 3.89. The molecule has 2 amide bonds. The monoisotopic (exact) mass is 429 g/mol. The van der Waals surface area contributed by atoms with Crippen molar-refractivity contribution in [3.05, 3.63) is 86.6 Å². The van der Waals surface area contributed by atoms with Crippen LogP contribution in [0.25, 0.3) is 0 Å². The number of halogens is 2. The fourth-order valence-corrected chi connectivity index (χ4v) is 4.68. The van der Waals surface area contributed by atoms with Crippen LogP contribution in [0.3, 0.4) is 0 Å². The molecule has 148 valence electrons. The molecule has 0 saturated heterocycles. The Kier molecular flexibility index (Phi) is 5.34. The van der Waals surface area contributed by atoms with Crippen LogP contribution in [-0.4, -0.2) is 21.7 Å². The molecule has 1 aromatic heterocycles. The first-order chi connectivity index (χ1) is 14.0. The molecular weight excluding hydrogens is 413 g/mol. The fraction of sp³-hybridized carbons (Fsp3) is 0.190. The third kappa shape index (κ3) is 3.63. The lowest BCUT2D eigenvalue weighted by molar-refractivity contribution is -0.123. The van der Waals surface area contributed by atoms with E-state index in [4.69, 9.17) is 17.3 Å². The molecule has 29 heavy (non-hydrogen) atoms. The molecule has 4 rings (SSSR count). The summed E-state index contributed by atoms with van der Waals surface area (Å²) in [5.74, 6) is -1.50. The van der Waals surface area contributed by atoms with E-state index in [1.54, 1.807) is 35.7 Å². The zero-order chi connectivity index (χ0) is 20.5. The molecule has 1 aliphatic rings. The second kappa shape index (κ2) is 7.93. The summed E-state index contributed by atoms with van der Waals surface area (Å²) in [7, 11) is 0. The minimum absolute atomic E-state index is 0.239. The van der Waals surface area contributed by atoms with Crippen LogP contribution in [0.4, 0.5) is 4.39 Å². The van der Waals surface area contributed by atoms with E-state index in [2.05, 4.69) is 4.98 Å². The first kappa shape index (κ1) is 19.5. The molecule has 2 atom stereocenters. The van der Waals surface area contributed by atoms with Crippen molar-refractivity contribution >= 4 is 34.8 Å². The van der Waals surface area contributed by atoms with Gasteiger partial charge in [-0.25, -0.2) is 9.37 Å². The van der Waals surface area contributed by atoms with Crippen molar-refractivity contribution in [1.82, 2.24) is 9.88 Å². The van der Waals surface area contributed by atoms with Crippen LogP contribution < -0.4 is 5.73 Å². The van der Waals surface area contributed by atoms with Crippen molar-refractivity contribution in [2.75, 3.05) is 0 Å². The molecule has 0 spiro atoms. The molecule has 0 aliphatic heterocycles. The van der Waals surface area contributed by atoms with Crippen LogP contribution >= 0.6 is 22.9 Å². The number of fused-ring (bicyclic) bond motifs is 1. The van der Waals surface area contributed by atoms with Crippen molar-refractivity contribution in [2.24, 2.45) is 5.73 Å². The topological polar surface area (TPSA) is 76.3 Å². The van der Waals surface area contributed by atoms with Crippen LogP contribution in [0, 0.1) is 5.82 Å². The molecule has 0 bridgehead atoms. The van der Waals surface area contributed by atoms with Gasteiger partial charge in [-0.2, -0.15) is 0 Å². The summed E-state index contributed by atoms with van der Waals surface area (Å²) in [5.41, 5.74) is 7.45. The summed E-state index contributed by atoms with van der Waals surface area (Å²) in [4.78, 5) is 31.5. The Morgan fingerprint density at radius 3 is 2.69 bits per heavy atom. The van der Waals surface area contributed by atoms with Crippen molar-refractivity contribution in [1.29, 1.82) is 0 Å². The van der Waals surface area contributed by atoms with Gasteiger partial charge in [-0.3, -0.25) is 9.59 Å². The number of primary amides is 1. The van der Waals surface area contributed by atoms with Gasteiger partial charge in [0.05, 0.1) is 6.04 Å². The Morgan fingerprint density at radius 1 is 1.28 bits per heavy atom. The smallest absolute Gasteiger partial charge is 0.284 e. The Labute approximate surface area is 175 Å². The van der Waals surface area contributed by atoms with Crippen LogP contribution in [0.5, 0.6) is 0 Å². The van der Waals surface area contributed by atoms with E-state index in [-0.39, 0.29) is 10.0 Å². The lowest BCUT2D eigenvalue weighted by atomic mass is 9.99. The molecule has 1 heterocycles. The molecule has 2 aromatic carbocycles. The zero-order valence-electron chi connectivity index (χ0n) is 15.2. The average molecular weight is 430 g/mol. The van der Waals surface area contributed by atoms with Gasteiger partial charge < -0.3 is 10.6 Å². The number of carbonyl (C=O) groups excluding carboxylic acids is 2. The zero-order valence-corrected chi connectivity index (χ0v) is 16.8. The van der Waals surface area contributed by atoms with Crippen molar-refractivity contribution in [3.63, 3.8) is 0 Å². The van der Waals surface area contributed by atoms with Crippen LogP contribution in [0.2, 0.25) is 5.02 Å². The molecule has 5 nitrogen and oxygen atoms in total. The highest BCUT2D eigenvalue weighted by Crippen LogP contribution is 2.43. The van der Waals surface area contributed by atoms with Crippen molar-refractivity contribution in [2.45, 2.75) is 24.9 Å². The predicted molar refractivity (Wildman–Crippen MR) is 109 cm³/mol. The number of rotatable bonds is 5. The Bertz CT molecular complexity index is 1060. The minimum Gasteiger partial charge on any atom is -0.368 e. The van der Waals surface area contributed by atoms with Gasteiger partial charge in [0.2, 0.25) is 5.91 Å². The summed E-state index contributed by atoms with van der Waals surface area (Å²) in [5, 5.41) is 2.17. The Hall–Kier alpha value is -2.77. The number of hydrogen-bond donors (Lipinski definition) is 1. The lowest BCUT2D eigenvalue weighted by Gasteiger charge is -2.35. The first-order valence-corrected chi connectivity index (χ1v) is 10.3. The third-order valence-electron chi connectivity index (χ3n) is 5.07. The van der Waals surface area contributed by atoms with Crippen LogP contribution in [-0.2, 0) is 11.2 Å². The second-order valence-electron chi connectivity index (χ2n) is 6.78. The number of benzene rings is 2. The number of nitrogens with two attached hydrogens (primary N) is 1. The van der Waals surface area contributed by atoms with Crippen LogP contribution in [0.1, 0.15) is 45.0 Å². The Morgan fingerprint density at radius 2 is 2.03 bits per heavy atom. The van der Waals surface area contributed by atoms with Gasteiger partial charge in [0.25, 0.3) is 5.91 Å². The standard InChI is InChI=1S/C21H17ClFN3O2S/c22-13-10-15-14(16(23)11-13)6-7-17(15)26(21(28)20-25-8-9-29-20)18(19(24)27)12-4-2-1-3-5-12/h1-5,8-11,17-18H,6-7H2,(H2,24,27)/t17-,18-/m1/s1. The van der Waals surface area contributed by atoms with Gasteiger partial charge in [0.1, 0.15) is 11.9 Å². The summed E-state index contributed by atoms with van der Waals surface area (Å²) in [6.45, 7) is 0. The molecule has 0 saturated carbocycles. The number of thiazole rings is 1. The molecular formula is C21H17ClFN3O2S. The summed E-state index contributed by atoms with van der Waals surface area (Å²) in [6, 6.07) is 10.2. The Balaban J connectivity index is 1.87. The molecule has 1 aliphatic carbocycles. The number of carbonyl (C=O) groups is 2. The molecule has 3 aromatic rings. The highest BCUT2D eigenvalue weighted by atomic mass is 35.5. The normalized spacial score (nSPS) is 16.3. The largest absolute Gasteiger partial charge is 0.368 e. The molecule has 0 fully saturated rings. The number of hydrogen-bond acceptors (Lipinski definition) is 4. The van der Waals surface area contributed by atoms with Gasteiger partial charge in [-0.15, -0.1) is 11.3 Å². The summed E-state index contributed by atoms with van der Waals surface area (Å²) >= 11 is 7.27. The maximum atomic E-state index is 14.5. The summed E-state index contributed by atoms with van der Waals surface area (Å²) in [6.07, 6.45) is 2.42. The second-order valence-corrected chi connectivity index (χ2v) is 8.11. The van der Waals surface area contributed by atoms with Gasteiger partial charge in [0, 0.05) is 16.6 Å². The molecule has 2 N–H and O–H groups in total. The van der Waals surface area contributed by atoms with E-state index in [0.29, 0.717) is 29.5 Å². The maximum absolute atomic E-state index is 14.5. The highest BCUT2D eigenvalue weighted by Gasteiger charge is 2.41. The number of nitrogens with zero attached hydrogens (tertiary/aromatic N) is 2. The minimum atomic E-state index is -1.02. The molecule has 0 radical (unpaired) electrons. The third-order valence-corrected chi connectivity index (χ3v) is 6.05. The lowest BCUT2D eigenvalue weighted by Crippen LogP contribution is -2.43. The van der Waals surface area contributed by atoms with E-state index >= 15 is 0 Å². The number of amides is 2. The SMILES string of the molecule is NC(=O)[C@@H](c1ccccc1)N(C(=O)c1nccs1)[C@@H]1CCc2c(F)cc(Cl)cc21. The first-order valence-electron chi connectivity index (χ1n) is 9.01. The highest BCUT2D eigenvalue weighted by molar-refractivity contribution is 7.11. The van der Waals surface area contributed by atoms with Crippen LogP contribution in [0.15, 0.2) is 54.0 Å². The predicted octanol–water partition coefficient (Wildman–Crippen LogP) is 4.29. The van der Waals surface area contributed by atoms with E-state index in [0.717, 1.165) is 0 Å². The number of aromatic nitrogens is 1. The van der Waals surface area contributed by atoms with Gasteiger partial charge in [-0.05, 0) is 41.7 Å². The van der Waals surface area contributed by atoms with E-state index in [1.807, 2.05) is 6.07 Å². The van der Waals surface area contributed by atoms with Gasteiger partial charge in [-0.1, -0.05) is 41.9 Å².